The molecule has 3 heteroatoms. The Kier molecular flexibility index (Phi) is 5.47. The van der Waals surface area contributed by atoms with E-state index < -0.39 is 0 Å². The lowest BCUT2D eigenvalue weighted by molar-refractivity contribution is 0.630. The summed E-state index contributed by atoms with van der Waals surface area (Å²) in [5, 5.41) is 4.92. The molecular weight excluding hydrogens is 289 g/mol. The molecule has 2 aromatic carbocycles. The van der Waals surface area contributed by atoms with Crippen molar-refractivity contribution >= 4 is 23.2 Å². The molecule has 2 aromatic rings. The van der Waals surface area contributed by atoms with Gasteiger partial charge in [0.15, 0.2) is 0 Å². The Hall–Kier alpha value is -1.02. The lowest BCUT2D eigenvalue weighted by Gasteiger charge is -2.20. The lowest BCUT2D eigenvalue weighted by Crippen LogP contribution is -2.22. The molecule has 0 saturated heterocycles. The summed E-state index contributed by atoms with van der Waals surface area (Å²) in [6, 6.07) is 14.3. The van der Waals surface area contributed by atoms with Crippen molar-refractivity contribution in [1.29, 1.82) is 0 Å². The first kappa shape index (κ1) is 15.4. The maximum atomic E-state index is 6.34. The molecule has 20 heavy (non-hydrogen) atoms. The Balaban J connectivity index is 2.41. The van der Waals surface area contributed by atoms with Crippen LogP contribution in [0.2, 0.25) is 10.0 Å². The molecule has 0 aliphatic heterocycles. The Morgan fingerprint density at radius 1 is 1.00 bits per heavy atom. The van der Waals surface area contributed by atoms with Crippen LogP contribution in [0.1, 0.15) is 36.6 Å². The highest BCUT2D eigenvalue weighted by atomic mass is 35.5. The average molecular weight is 308 g/mol. The molecular formula is C17H19Cl2N. The largest absolute Gasteiger partial charge is 0.306 e. The van der Waals surface area contributed by atoms with Crippen molar-refractivity contribution in [1.82, 2.24) is 5.32 Å². The average Bonchev–Trinajstić information content (AvgIpc) is 2.48. The van der Waals surface area contributed by atoms with Crippen molar-refractivity contribution in [3.05, 3.63) is 69.2 Å². The van der Waals surface area contributed by atoms with Crippen molar-refractivity contribution < 1.29 is 0 Å². The molecule has 2 rings (SSSR count). The third-order valence-corrected chi connectivity index (χ3v) is 3.98. The zero-order chi connectivity index (χ0) is 14.5. The van der Waals surface area contributed by atoms with Gasteiger partial charge in [0.1, 0.15) is 0 Å². The minimum absolute atomic E-state index is 0.0668. The molecule has 0 saturated carbocycles. The van der Waals surface area contributed by atoms with Crippen LogP contribution in [0.3, 0.4) is 0 Å². The Morgan fingerprint density at radius 2 is 1.70 bits per heavy atom. The van der Waals surface area contributed by atoms with Crippen LogP contribution in [0.4, 0.5) is 0 Å². The molecule has 0 spiro atoms. The van der Waals surface area contributed by atoms with Crippen LogP contribution in [-0.4, -0.2) is 6.54 Å². The van der Waals surface area contributed by atoms with Gasteiger partial charge in [-0.15, -0.1) is 0 Å². The second-order valence-electron chi connectivity index (χ2n) is 4.75. The van der Waals surface area contributed by atoms with E-state index in [0.717, 1.165) is 23.6 Å². The summed E-state index contributed by atoms with van der Waals surface area (Å²) < 4.78 is 0. The number of aryl methyl sites for hydroxylation is 1. The van der Waals surface area contributed by atoms with E-state index in [1.807, 2.05) is 18.2 Å². The quantitative estimate of drug-likeness (QED) is 0.795. The second-order valence-corrected chi connectivity index (χ2v) is 5.60. The van der Waals surface area contributed by atoms with Crippen LogP contribution >= 0.6 is 23.2 Å². The molecule has 1 N–H and O–H groups in total. The SMILES string of the molecule is CCNC(c1ccc(CC)cc1)c1cc(Cl)ccc1Cl. The molecule has 106 valence electrons. The monoisotopic (exact) mass is 307 g/mol. The summed E-state index contributed by atoms with van der Waals surface area (Å²) >= 11 is 12.4. The standard InChI is InChI=1S/C17H19Cl2N/c1-3-12-5-7-13(8-6-12)17(20-4-2)15-11-14(18)9-10-16(15)19/h5-11,17,20H,3-4H2,1-2H3. The van der Waals surface area contributed by atoms with E-state index in [1.165, 1.54) is 11.1 Å². The fourth-order valence-electron chi connectivity index (χ4n) is 2.29. The Labute approximate surface area is 130 Å². The van der Waals surface area contributed by atoms with Gasteiger partial charge in [-0.2, -0.15) is 0 Å². The van der Waals surface area contributed by atoms with Gasteiger partial charge in [0.05, 0.1) is 6.04 Å². The third kappa shape index (κ3) is 3.54. The van der Waals surface area contributed by atoms with Gasteiger partial charge in [-0.05, 0) is 47.9 Å². The first-order chi connectivity index (χ1) is 9.65. The topological polar surface area (TPSA) is 12.0 Å². The van der Waals surface area contributed by atoms with Gasteiger partial charge in [-0.25, -0.2) is 0 Å². The van der Waals surface area contributed by atoms with Crippen LogP contribution in [0.5, 0.6) is 0 Å². The minimum Gasteiger partial charge on any atom is -0.306 e. The summed E-state index contributed by atoms with van der Waals surface area (Å²) in [6.07, 6.45) is 1.05. The summed E-state index contributed by atoms with van der Waals surface area (Å²) in [5.74, 6) is 0. The van der Waals surface area contributed by atoms with Gasteiger partial charge in [-0.3, -0.25) is 0 Å². The van der Waals surface area contributed by atoms with Crippen LogP contribution < -0.4 is 5.32 Å². The highest BCUT2D eigenvalue weighted by Gasteiger charge is 2.16. The van der Waals surface area contributed by atoms with Crippen molar-refractivity contribution in [3.8, 4) is 0 Å². The van der Waals surface area contributed by atoms with E-state index in [9.17, 15) is 0 Å². The predicted octanol–water partition coefficient (Wildman–Crippen LogP) is 5.25. The van der Waals surface area contributed by atoms with Gasteiger partial charge >= 0.3 is 0 Å². The number of benzene rings is 2. The number of halogens is 2. The zero-order valence-electron chi connectivity index (χ0n) is 11.8. The van der Waals surface area contributed by atoms with Crippen LogP contribution in [-0.2, 0) is 6.42 Å². The van der Waals surface area contributed by atoms with Gasteiger partial charge in [0, 0.05) is 10.0 Å². The van der Waals surface area contributed by atoms with E-state index in [4.69, 9.17) is 23.2 Å². The summed E-state index contributed by atoms with van der Waals surface area (Å²) in [4.78, 5) is 0. The molecule has 0 fully saturated rings. The van der Waals surface area contributed by atoms with E-state index in [1.54, 1.807) is 0 Å². The smallest absolute Gasteiger partial charge is 0.0591 e. The van der Waals surface area contributed by atoms with Crippen LogP contribution in [0.25, 0.3) is 0 Å². The van der Waals surface area contributed by atoms with Gasteiger partial charge in [0.25, 0.3) is 0 Å². The van der Waals surface area contributed by atoms with Gasteiger partial charge in [0.2, 0.25) is 0 Å². The fourth-order valence-corrected chi connectivity index (χ4v) is 2.70. The van der Waals surface area contributed by atoms with Crippen molar-refractivity contribution in [2.45, 2.75) is 26.3 Å². The van der Waals surface area contributed by atoms with Crippen molar-refractivity contribution in [3.63, 3.8) is 0 Å². The number of nitrogens with one attached hydrogen (secondary N) is 1. The molecule has 0 radical (unpaired) electrons. The molecule has 1 nitrogen and oxygen atoms in total. The van der Waals surface area contributed by atoms with Gasteiger partial charge < -0.3 is 5.32 Å². The normalized spacial score (nSPS) is 12.4. The van der Waals surface area contributed by atoms with Crippen molar-refractivity contribution in [2.75, 3.05) is 6.54 Å². The second kappa shape index (κ2) is 7.12. The fraction of sp³-hybridized carbons (Fsp3) is 0.294. The summed E-state index contributed by atoms with van der Waals surface area (Å²) in [7, 11) is 0. The lowest BCUT2D eigenvalue weighted by atomic mass is 9.97. The van der Waals surface area contributed by atoms with Gasteiger partial charge in [-0.1, -0.05) is 61.3 Å². The maximum Gasteiger partial charge on any atom is 0.0591 e. The maximum absolute atomic E-state index is 6.34. The minimum atomic E-state index is 0.0668. The number of hydrogen-bond donors (Lipinski definition) is 1. The molecule has 0 bridgehead atoms. The van der Waals surface area contributed by atoms with E-state index >= 15 is 0 Å². The number of rotatable bonds is 5. The molecule has 1 unspecified atom stereocenters. The first-order valence-electron chi connectivity index (χ1n) is 6.92. The first-order valence-corrected chi connectivity index (χ1v) is 7.68. The third-order valence-electron chi connectivity index (χ3n) is 3.40. The predicted molar refractivity (Wildman–Crippen MR) is 87.8 cm³/mol. The zero-order valence-corrected chi connectivity index (χ0v) is 13.3. The van der Waals surface area contributed by atoms with E-state index in [2.05, 4.69) is 43.4 Å². The summed E-state index contributed by atoms with van der Waals surface area (Å²) in [5.41, 5.74) is 3.56. The molecule has 1 atom stereocenters. The summed E-state index contributed by atoms with van der Waals surface area (Å²) in [6.45, 7) is 5.11. The highest BCUT2D eigenvalue weighted by Crippen LogP contribution is 2.30. The Morgan fingerprint density at radius 3 is 2.30 bits per heavy atom. The van der Waals surface area contributed by atoms with E-state index in [0.29, 0.717) is 5.02 Å². The Bertz CT molecular complexity index is 564. The molecule has 0 aromatic heterocycles. The number of hydrogen-bond acceptors (Lipinski definition) is 1. The molecule has 0 aliphatic rings. The van der Waals surface area contributed by atoms with Crippen molar-refractivity contribution in [2.24, 2.45) is 0 Å². The van der Waals surface area contributed by atoms with Crippen LogP contribution in [0.15, 0.2) is 42.5 Å². The van der Waals surface area contributed by atoms with E-state index in [-0.39, 0.29) is 6.04 Å². The molecule has 0 heterocycles. The molecule has 0 amide bonds. The van der Waals surface area contributed by atoms with Crippen LogP contribution in [0, 0.1) is 0 Å². The highest BCUT2D eigenvalue weighted by molar-refractivity contribution is 6.33. The molecule has 0 aliphatic carbocycles.